The molecule has 2 aromatic heterocycles. The van der Waals surface area contributed by atoms with Crippen molar-refractivity contribution in [2.45, 2.75) is 76.3 Å². The number of ether oxygens (including phenoxy) is 1. The highest BCUT2D eigenvalue weighted by Crippen LogP contribution is 2.52. The molecule has 2 aromatic carbocycles. The second-order valence-electron chi connectivity index (χ2n) is 14.7. The van der Waals surface area contributed by atoms with Gasteiger partial charge in [-0.05, 0) is 85.6 Å². The van der Waals surface area contributed by atoms with Gasteiger partial charge < -0.3 is 20.0 Å². The molecule has 4 aliphatic heterocycles. The minimum atomic E-state index is -0.208. The molecule has 6 nitrogen and oxygen atoms in total. The van der Waals surface area contributed by atoms with Gasteiger partial charge in [0, 0.05) is 76.7 Å². The lowest BCUT2D eigenvalue weighted by Gasteiger charge is -2.53. The molecule has 10 rings (SSSR count). The van der Waals surface area contributed by atoms with E-state index < -0.39 is 0 Å². The summed E-state index contributed by atoms with van der Waals surface area (Å²) < 4.78 is 5.47. The van der Waals surface area contributed by atoms with E-state index in [1.54, 1.807) is 12.7 Å². The quantitative estimate of drug-likeness (QED) is 0.178. The summed E-state index contributed by atoms with van der Waals surface area (Å²) in [6, 6.07) is 16.7. The molecular formula is C39H46N4O2. The number of fused-ring (bicyclic) bond motifs is 9. The van der Waals surface area contributed by atoms with Gasteiger partial charge in [-0.25, -0.2) is 0 Å². The van der Waals surface area contributed by atoms with Gasteiger partial charge in [-0.1, -0.05) is 55.3 Å². The first-order chi connectivity index (χ1) is 22.1. The van der Waals surface area contributed by atoms with Crippen molar-refractivity contribution in [2.75, 3.05) is 26.7 Å². The van der Waals surface area contributed by atoms with E-state index in [9.17, 15) is 4.79 Å². The molecule has 234 valence electrons. The molecule has 3 saturated heterocycles. The third kappa shape index (κ3) is 4.17. The van der Waals surface area contributed by atoms with E-state index in [4.69, 9.17) is 4.74 Å². The molecule has 6 aliphatic rings. The molecule has 6 bridgehead atoms. The molecule has 6 heterocycles. The van der Waals surface area contributed by atoms with Crippen molar-refractivity contribution < 1.29 is 9.53 Å². The average molecular weight is 603 g/mol. The SMILES string of the molecule is CC=C1CNC2Cc3c([nH]c4ccccc34)C(c3ccc4c5c([nH]c4c3)C3CC4CC(CC)C3N(CC5)C4)CC1C2C(=O)OC. The van der Waals surface area contributed by atoms with Crippen LogP contribution in [-0.4, -0.2) is 59.7 Å². The Kier molecular flexibility index (Phi) is 6.58. The van der Waals surface area contributed by atoms with E-state index in [0.717, 1.165) is 37.6 Å². The summed E-state index contributed by atoms with van der Waals surface area (Å²) in [4.78, 5) is 24.3. The van der Waals surface area contributed by atoms with Crippen molar-refractivity contribution in [3.8, 4) is 0 Å². The maximum Gasteiger partial charge on any atom is 0.310 e. The number of hydrogen-bond donors (Lipinski definition) is 3. The van der Waals surface area contributed by atoms with E-state index in [1.807, 2.05) is 0 Å². The largest absolute Gasteiger partial charge is 0.469 e. The topological polar surface area (TPSA) is 73.2 Å². The minimum absolute atomic E-state index is 0.0453. The summed E-state index contributed by atoms with van der Waals surface area (Å²) in [5, 5.41) is 6.42. The number of aromatic amines is 2. The number of esters is 1. The standard InChI is InChI=1S/C39H46N4O2/c1-4-22-14-21-15-31-36-27(12-13-43(20-21)38(22)31)26-11-10-24(16-33(26)42-36)29-17-28-23(5-2)19-40-34(35(28)39(44)45-3)18-30-25-8-6-7-9-32(25)41-37(29)30/h5-11,16,21-22,28-29,31,34-35,38,40-42H,4,12-15,17-20H2,1-3H3. The summed E-state index contributed by atoms with van der Waals surface area (Å²) in [6.07, 6.45) is 9.10. The van der Waals surface area contributed by atoms with E-state index in [1.165, 1.54) is 82.2 Å². The van der Waals surface area contributed by atoms with Crippen LogP contribution in [0.25, 0.3) is 21.8 Å². The molecular weight excluding hydrogens is 556 g/mol. The molecule has 0 radical (unpaired) electrons. The van der Waals surface area contributed by atoms with E-state index >= 15 is 0 Å². The number of allylic oxidation sites excluding steroid dienone is 1. The van der Waals surface area contributed by atoms with Crippen molar-refractivity contribution in [2.24, 2.45) is 23.7 Å². The summed E-state index contributed by atoms with van der Waals surface area (Å²) in [7, 11) is 1.55. The van der Waals surface area contributed by atoms with E-state index in [-0.39, 0.29) is 29.8 Å². The zero-order valence-electron chi connectivity index (χ0n) is 26.9. The second kappa shape index (κ2) is 10.6. The van der Waals surface area contributed by atoms with Crippen LogP contribution in [0.4, 0.5) is 0 Å². The number of hydrogen-bond acceptors (Lipinski definition) is 4. The van der Waals surface area contributed by atoms with Crippen LogP contribution in [0.3, 0.4) is 0 Å². The Morgan fingerprint density at radius 1 is 1.00 bits per heavy atom. The van der Waals surface area contributed by atoms with Crippen LogP contribution in [0.15, 0.2) is 54.1 Å². The molecule has 9 unspecified atom stereocenters. The summed E-state index contributed by atoms with van der Waals surface area (Å²) in [5.41, 5.74) is 10.9. The lowest BCUT2D eigenvalue weighted by Crippen LogP contribution is -2.56. The number of piperidine rings is 3. The normalized spacial score (nSPS) is 34.6. The number of para-hydroxylation sites is 1. The smallest absolute Gasteiger partial charge is 0.310 e. The highest BCUT2D eigenvalue weighted by Gasteiger charge is 2.49. The van der Waals surface area contributed by atoms with Crippen molar-refractivity contribution in [1.29, 1.82) is 0 Å². The Morgan fingerprint density at radius 3 is 2.69 bits per heavy atom. The number of rotatable bonds is 3. The van der Waals surface area contributed by atoms with Gasteiger partial charge in [0.25, 0.3) is 0 Å². The molecule has 1 saturated carbocycles. The van der Waals surface area contributed by atoms with E-state index in [0.29, 0.717) is 12.0 Å². The number of carbonyl (C=O) groups excluding carboxylic acids is 1. The first-order valence-electron chi connectivity index (χ1n) is 17.5. The van der Waals surface area contributed by atoms with Gasteiger partial charge in [-0.2, -0.15) is 0 Å². The number of methoxy groups -OCH3 is 1. The molecule has 6 heteroatoms. The predicted molar refractivity (Wildman–Crippen MR) is 180 cm³/mol. The van der Waals surface area contributed by atoms with Crippen molar-refractivity contribution in [3.63, 3.8) is 0 Å². The van der Waals surface area contributed by atoms with Crippen LogP contribution in [0.5, 0.6) is 0 Å². The summed E-state index contributed by atoms with van der Waals surface area (Å²) >= 11 is 0. The Bertz CT molecular complexity index is 1830. The average Bonchev–Trinajstić information content (AvgIpc) is 3.59. The highest BCUT2D eigenvalue weighted by atomic mass is 16.5. The Hall–Kier alpha value is -3.35. The van der Waals surface area contributed by atoms with Crippen molar-refractivity contribution in [1.82, 2.24) is 20.2 Å². The predicted octanol–water partition coefficient (Wildman–Crippen LogP) is 6.81. The minimum Gasteiger partial charge on any atom is -0.469 e. The molecule has 45 heavy (non-hydrogen) atoms. The number of nitrogens with zero attached hydrogens (tertiary/aromatic N) is 1. The molecule has 2 aliphatic carbocycles. The van der Waals surface area contributed by atoms with Gasteiger partial charge in [0.2, 0.25) is 0 Å². The summed E-state index contributed by atoms with van der Waals surface area (Å²) in [6.45, 7) is 7.84. The number of aromatic nitrogens is 2. The number of nitrogens with one attached hydrogen (secondary N) is 3. The second-order valence-corrected chi connectivity index (χ2v) is 14.7. The summed E-state index contributed by atoms with van der Waals surface area (Å²) in [5.74, 6) is 2.26. The highest BCUT2D eigenvalue weighted by molar-refractivity contribution is 5.88. The van der Waals surface area contributed by atoms with Gasteiger partial charge >= 0.3 is 5.97 Å². The third-order valence-corrected chi connectivity index (χ3v) is 12.8. The zero-order valence-corrected chi connectivity index (χ0v) is 26.9. The fourth-order valence-corrected chi connectivity index (χ4v) is 10.9. The lowest BCUT2D eigenvalue weighted by molar-refractivity contribution is -0.149. The van der Waals surface area contributed by atoms with Crippen LogP contribution < -0.4 is 5.32 Å². The molecule has 0 amide bonds. The van der Waals surface area contributed by atoms with Gasteiger partial charge in [0.1, 0.15) is 0 Å². The van der Waals surface area contributed by atoms with Gasteiger partial charge in [0.15, 0.2) is 0 Å². The fourth-order valence-electron chi connectivity index (χ4n) is 10.9. The Morgan fingerprint density at radius 2 is 1.84 bits per heavy atom. The van der Waals surface area contributed by atoms with Crippen LogP contribution in [0.2, 0.25) is 0 Å². The molecule has 3 N–H and O–H groups in total. The Balaban J connectivity index is 1.19. The molecule has 0 spiro atoms. The number of benzene rings is 2. The maximum absolute atomic E-state index is 13.5. The molecule has 4 aromatic rings. The van der Waals surface area contributed by atoms with Gasteiger partial charge in [-0.15, -0.1) is 0 Å². The van der Waals surface area contributed by atoms with Crippen LogP contribution in [0, 0.1) is 23.7 Å². The van der Waals surface area contributed by atoms with Gasteiger partial charge in [0.05, 0.1) is 13.0 Å². The maximum atomic E-state index is 13.5. The zero-order chi connectivity index (χ0) is 30.4. The van der Waals surface area contributed by atoms with Crippen LogP contribution >= 0.6 is 0 Å². The third-order valence-electron chi connectivity index (χ3n) is 12.8. The van der Waals surface area contributed by atoms with Crippen molar-refractivity contribution >= 4 is 27.8 Å². The van der Waals surface area contributed by atoms with Crippen LogP contribution in [0.1, 0.15) is 79.4 Å². The van der Waals surface area contributed by atoms with Crippen molar-refractivity contribution in [3.05, 3.63) is 82.2 Å². The molecule has 4 fully saturated rings. The molecule has 9 atom stereocenters. The van der Waals surface area contributed by atoms with E-state index in [2.05, 4.69) is 82.6 Å². The number of carbonyl (C=O) groups is 1. The number of H-pyrrole nitrogens is 2. The monoisotopic (exact) mass is 602 g/mol. The Labute approximate surface area is 266 Å². The first-order valence-corrected chi connectivity index (χ1v) is 17.5. The lowest BCUT2D eigenvalue weighted by atomic mass is 9.65. The first kappa shape index (κ1) is 27.9. The fraction of sp³-hybridized carbons (Fsp3) is 0.513. The van der Waals surface area contributed by atoms with Gasteiger partial charge in [-0.3, -0.25) is 9.69 Å². The van der Waals surface area contributed by atoms with Crippen LogP contribution in [-0.2, 0) is 22.4 Å².